The van der Waals surface area contributed by atoms with Gasteiger partial charge in [-0.05, 0) is 25.0 Å². The van der Waals surface area contributed by atoms with E-state index in [0.717, 1.165) is 12.8 Å². The van der Waals surface area contributed by atoms with E-state index in [-0.39, 0.29) is 12.1 Å². The van der Waals surface area contributed by atoms with Crippen molar-refractivity contribution in [2.24, 2.45) is 0 Å². The number of likely N-dealkylation sites (N-methyl/N-ethyl adjacent to an activating group) is 1. The Labute approximate surface area is 139 Å². The number of halogens is 1. The van der Waals surface area contributed by atoms with Crippen LogP contribution in [-0.4, -0.2) is 59.2 Å². The number of anilines is 1. The zero-order valence-corrected chi connectivity index (χ0v) is 13.7. The molecule has 124 valence electrons. The second-order valence-electron chi connectivity index (χ2n) is 6.05. The first-order valence-electron chi connectivity index (χ1n) is 7.59. The third-order valence-corrected chi connectivity index (χ3v) is 4.53. The number of amides is 3. The van der Waals surface area contributed by atoms with Crippen molar-refractivity contribution in [3.05, 3.63) is 23.5 Å². The predicted octanol–water partition coefficient (Wildman–Crippen LogP) is 2.57. The normalized spacial score (nSPS) is 24.5. The molecule has 2 aliphatic heterocycles. The van der Waals surface area contributed by atoms with Crippen LogP contribution in [0.4, 0.5) is 15.3 Å². The number of hydrogen-bond acceptors (Lipinski definition) is 4. The molecule has 0 saturated carbocycles. The van der Waals surface area contributed by atoms with E-state index in [1.54, 1.807) is 29.0 Å². The molecule has 1 aromatic heterocycles. The van der Waals surface area contributed by atoms with Gasteiger partial charge in [0.15, 0.2) is 0 Å². The number of likely N-dealkylation sites (tertiary alicyclic amines) is 1. The second-order valence-corrected chi connectivity index (χ2v) is 6.43. The van der Waals surface area contributed by atoms with Gasteiger partial charge in [0.2, 0.25) is 0 Å². The molecule has 0 bridgehead atoms. The van der Waals surface area contributed by atoms with Crippen LogP contribution < -0.4 is 5.32 Å². The number of hydrogen-bond donors (Lipinski definition) is 1. The summed E-state index contributed by atoms with van der Waals surface area (Å²) < 4.78 is 5.55. The monoisotopic (exact) mass is 338 g/mol. The molecular formula is C15H19ClN4O3. The molecule has 3 amide bonds. The van der Waals surface area contributed by atoms with Crippen molar-refractivity contribution in [2.75, 3.05) is 32.0 Å². The van der Waals surface area contributed by atoms with Crippen LogP contribution in [0.2, 0.25) is 5.15 Å². The van der Waals surface area contributed by atoms with Crippen molar-refractivity contribution >= 4 is 29.4 Å². The second kappa shape index (κ2) is 6.23. The number of carbonyl (C=O) groups is 2. The van der Waals surface area contributed by atoms with Crippen molar-refractivity contribution in [2.45, 2.75) is 24.9 Å². The standard InChI is InChI=1S/C15H19ClN4O3/c1-19-10-15(23-14(19)22)5-2-7-20(8-6-15)13(21)18-11-3-4-12(16)17-9-11/h3-4,9H,2,5-8,10H2,1H3,(H,18,21)/t15-/m0/s1. The first kappa shape index (κ1) is 15.9. The van der Waals surface area contributed by atoms with E-state index in [2.05, 4.69) is 10.3 Å². The van der Waals surface area contributed by atoms with Gasteiger partial charge in [0.05, 0.1) is 18.4 Å². The highest BCUT2D eigenvalue weighted by atomic mass is 35.5. The molecule has 1 spiro atoms. The van der Waals surface area contributed by atoms with Crippen LogP contribution in [0.1, 0.15) is 19.3 Å². The number of carbonyl (C=O) groups excluding carboxylic acids is 2. The molecule has 2 saturated heterocycles. The van der Waals surface area contributed by atoms with E-state index in [0.29, 0.717) is 36.9 Å². The molecule has 8 heteroatoms. The Hall–Kier alpha value is -2.02. The van der Waals surface area contributed by atoms with Gasteiger partial charge in [-0.1, -0.05) is 11.6 Å². The van der Waals surface area contributed by atoms with Crippen LogP contribution in [0.15, 0.2) is 18.3 Å². The number of rotatable bonds is 1. The van der Waals surface area contributed by atoms with E-state index in [9.17, 15) is 9.59 Å². The smallest absolute Gasteiger partial charge is 0.410 e. The summed E-state index contributed by atoms with van der Waals surface area (Å²) in [6.45, 7) is 1.77. The Morgan fingerprint density at radius 1 is 1.39 bits per heavy atom. The Bertz CT molecular complexity index is 609. The highest BCUT2D eigenvalue weighted by molar-refractivity contribution is 6.29. The largest absolute Gasteiger partial charge is 0.441 e. The molecule has 1 atom stereocenters. The lowest BCUT2D eigenvalue weighted by atomic mass is 9.95. The molecule has 3 heterocycles. The third-order valence-electron chi connectivity index (χ3n) is 4.30. The number of nitrogens with zero attached hydrogens (tertiary/aromatic N) is 3. The van der Waals surface area contributed by atoms with Gasteiger partial charge in [-0.3, -0.25) is 0 Å². The lowest BCUT2D eigenvalue weighted by molar-refractivity contribution is 0.0454. The lowest BCUT2D eigenvalue weighted by Gasteiger charge is -2.25. The van der Waals surface area contributed by atoms with Crippen molar-refractivity contribution in [1.29, 1.82) is 0 Å². The Morgan fingerprint density at radius 2 is 2.22 bits per heavy atom. The molecule has 0 aliphatic carbocycles. The maximum absolute atomic E-state index is 12.4. The summed E-state index contributed by atoms with van der Waals surface area (Å²) >= 11 is 5.73. The van der Waals surface area contributed by atoms with Crippen molar-refractivity contribution in [3.63, 3.8) is 0 Å². The van der Waals surface area contributed by atoms with Gasteiger partial charge in [-0.15, -0.1) is 0 Å². The van der Waals surface area contributed by atoms with Crippen molar-refractivity contribution < 1.29 is 14.3 Å². The molecule has 0 unspecified atom stereocenters. The van der Waals surface area contributed by atoms with Crippen LogP contribution in [0, 0.1) is 0 Å². The first-order chi connectivity index (χ1) is 11.0. The maximum atomic E-state index is 12.4. The minimum atomic E-state index is -0.456. The maximum Gasteiger partial charge on any atom is 0.410 e. The summed E-state index contributed by atoms with van der Waals surface area (Å²) in [4.78, 5) is 31.3. The zero-order chi connectivity index (χ0) is 16.4. The summed E-state index contributed by atoms with van der Waals surface area (Å²) in [6.07, 6.45) is 3.46. The van der Waals surface area contributed by atoms with Gasteiger partial charge in [0, 0.05) is 26.6 Å². The van der Waals surface area contributed by atoms with Crippen LogP contribution >= 0.6 is 11.6 Å². The lowest BCUT2D eigenvalue weighted by Crippen LogP contribution is -2.38. The fraction of sp³-hybridized carbons (Fsp3) is 0.533. The molecule has 0 radical (unpaired) electrons. The van der Waals surface area contributed by atoms with Gasteiger partial charge >= 0.3 is 12.1 Å². The quantitative estimate of drug-likeness (QED) is 0.799. The molecule has 7 nitrogen and oxygen atoms in total. The molecule has 0 aromatic carbocycles. The predicted molar refractivity (Wildman–Crippen MR) is 85.5 cm³/mol. The summed E-state index contributed by atoms with van der Waals surface area (Å²) in [6, 6.07) is 3.16. The van der Waals surface area contributed by atoms with Gasteiger partial charge in [0.25, 0.3) is 0 Å². The first-order valence-corrected chi connectivity index (χ1v) is 7.97. The number of ether oxygens (including phenoxy) is 1. The Morgan fingerprint density at radius 3 is 2.87 bits per heavy atom. The average molecular weight is 339 g/mol. The summed E-state index contributed by atoms with van der Waals surface area (Å²) in [7, 11) is 1.74. The van der Waals surface area contributed by atoms with E-state index < -0.39 is 5.60 Å². The van der Waals surface area contributed by atoms with Gasteiger partial charge in [-0.2, -0.15) is 0 Å². The Balaban J connectivity index is 1.60. The Kier molecular flexibility index (Phi) is 4.30. The van der Waals surface area contributed by atoms with Gasteiger partial charge < -0.3 is 19.9 Å². The number of aromatic nitrogens is 1. The SMILES string of the molecule is CN1C[C@@]2(CCCN(C(=O)Nc3ccc(Cl)nc3)CC2)OC1=O. The van der Waals surface area contributed by atoms with Gasteiger partial charge in [-0.25, -0.2) is 14.6 Å². The van der Waals surface area contributed by atoms with Crippen molar-refractivity contribution in [3.8, 4) is 0 Å². The number of pyridine rings is 1. The fourth-order valence-electron chi connectivity index (χ4n) is 3.08. The summed E-state index contributed by atoms with van der Waals surface area (Å²) in [5.74, 6) is 0. The van der Waals surface area contributed by atoms with E-state index in [1.807, 2.05) is 0 Å². The van der Waals surface area contributed by atoms with Crippen LogP contribution in [-0.2, 0) is 4.74 Å². The molecule has 2 aliphatic rings. The summed E-state index contributed by atoms with van der Waals surface area (Å²) in [5, 5.41) is 3.19. The number of urea groups is 1. The van der Waals surface area contributed by atoms with E-state index in [1.165, 1.54) is 6.20 Å². The third kappa shape index (κ3) is 3.50. The zero-order valence-electron chi connectivity index (χ0n) is 12.9. The molecule has 1 aromatic rings. The highest BCUT2D eigenvalue weighted by Crippen LogP contribution is 2.32. The fourth-order valence-corrected chi connectivity index (χ4v) is 3.19. The van der Waals surface area contributed by atoms with Gasteiger partial charge in [0.1, 0.15) is 10.8 Å². The molecule has 1 N–H and O–H groups in total. The summed E-state index contributed by atoms with van der Waals surface area (Å²) in [5.41, 5.74) is 0.147. The molecule has 2 fully saturated rings. The minimum Gasteiger partial charge on any atom is -0.441 e. The number of nitrogens with one attached hydrogen (secondary N) is 1. The van der Waals surface area contributed by atoms with E-state index in [4.69, 9.17) is 16.3 Å². The van der Waals surface area contributed by atoms with Crippen molar-refractivity contribution in [1.82, 2.24) is 14.8 Å². The van der Waals surface area contributed by atoms with E-state index >= 15 is 0 Å². The minimum absolute atomic E-state index is 0.177. The molecular weight excluding hydrogens is 320 g/mol. The average Bonchev–Trinajstić information content (AvgIpc) is 2.69. The van der Waals surface area contributed by atoms with Crippen LogP contribution in [0.25, 0.3) is 0 Å². The van der Waals surface area contributed by atoms with Crippen LogP contribution in [0.5, 0.6) is 0 Å². The topological polar surface area (TPSA) is 74.8 Å². The van der Waals surface area contributed by atoms with Crippen LogP contribution in [0.3, 0.4) is 0 Å². The molecule has 3 rings (SSSR count). The molecule has 23 heavy (non-hydrogen) atoms. The highest BCUT2D eigenvalue weighted by Gasteiger charge is 2.44.